The first-order chi connectivity index (χ1) is 8.53. The first kappa shape index (κ1) is 13.5. The fourth-order valence-electron chi connectivity index (χ4n) is 2.50. The van der Waals surface area contributed by atoms with Crippen LogP contribution in [0.5, 0.6) is 0 Å². The zero-order valence-electron chi connectivity index (χ0n) is 11.5. The first-order valence-corrected chi connectivity index (χ1v) is 6.64. The third-order valence-corrected chi connectivity index (χ3v) is 3.48. The molecule has 0 aromatic heterocycles. The number of hydrogen-bond acceptors (Lipinski definition) is 3. The van der Waals surface area contributed by atoms with E-state index in [1.807, 2.05) is 13.8 Å². The number of rotatable bonds is 4. The van der Waals surface area contributed by atoms with E-state index in [0.29, 0.717) is 19.1 Å². The van der Waals surface area contributed by atoms with Crippen LogP contribution in [0.1, 0.15) is 50.3 Å². The largest absolute Gasteiger partial charge is 0.347 e. The van der Waals surface area contributed by atoms with Crippen LogP contribution in [-0.2, 0) is 9.47 Å². The lowest BCUT2D eigenvalue weighted by atomic mass is 9.91. The second kappa shape index (κ2) is 5.39. The van der Waals surface area contributed by atoms with E-state index in [2.05, 4.69) is 31.2 Å². The first-order valence-electron chi connectivity index (χ1n) is 6.64. The molecule has 100 valence electrons. The van der Waals surface area contributed by atoms with Crippen molar-refractivity contribution in [1.29, 1.82) is 0 Å². The van der Waals surface area contributed by atoms with E-state index >= 15 is 0 Å². The Morgan fingerprint density at radius 1 is 1.39 bits per heavy atom. The van der Waals surface area contributed by atoms with Crippen LogP contribution in [0.3, 0.4) is 0 Å². The predicted octanol–water partition coefficient (Wildman–Crippen LogP) is 2.96. The molecule has 3 nitrogen and oxygen atoms in total. The van der Waals surface area contributed by atoms with Gasteiger partial charge in [-0.2, -0.15) is 0 Å². The molecule has 0 spiro atoms. The Kier molecular flexibility index (Phi) is 4.05. The summed E-state index contributed by atoms with van der Waals surface area (Å²) >= 11 is 0. The summed E-state index contributed by atoms with van der Waals surface area (Å²) in [4.78, 5) is 0. The van der Waals surface area contributed by atoms with Crippen molar-refractivity contribution in [3.05, 3.63) is 35.4 Å². The standard InChI is InChI=1S/C15H23NO2/c1-11(8-9-16)12-6-4-5-7-13(12)14-10-17-15(2,3)18-14/h4-7,11,14H,8-10,16H2,1-3H3. The lowest BCUT2D eigenvalue weighted by Gasteiger charge is -2.21. The highest BCUT2D eigenvalue weighted by Gasteiger charge is 2.34. The van der Waals surface area contributed by atoms with Crippen molar-refractivity contribution in [2.75, 3.05) is 13.2 Å². The average molecular weight is 249 g/mol. The molecule has 0 saturated carbocycles. The molecule has 1 aliphatic rings. The lowest BCUT2D eigenvalue weighted by Crippen LogP contribution is -2.20. The second-order valence-electron chi connectivity index (χ2n) is 5.42. The summed E-state index contributed by atoms with van der Waals surface area (Å²) in [6, 6.07) is 8.44. The summed E-state index contributed by atoms with van der Waals surface area (Å²) in [7, 11) is 0. The normalized spacial score (nSPS) is 24.1. The monoisotopic (exact) mass is 249 g/mol. The maximum Gasteiger partial charge on any atom is 0.163 e. The molecule has 0 radical (unpaired) electrons. The Morgan fingerprint density at radius 3 is 2.72 bits per heavy atom. The van der Waals surface area contributed by atoms with Gasteiger partial charge in [-0.1, -0.05) is 31.2 Å². The molecule has 2 unspecified atom stereocenters. The highest BCUT2D eigenvalue weighted by atomic mass is 16.7. The average Bonchev–Trinajstić information content (AvgIpc) is 2.70. The molecule has 2 rings (SSSR count). The Labute approximate surface area is 109 Å². The minimum Gasteiger partial charge on any atom is -0.347 e. The summed E-state index contributed by atoms with van der Waals surface area (Å²) < 4.78 is 11.6. The summed E-state index contributed by atoms with van der Waals surface area (Å²) in [5, 5.41) is 0. The quantitative estimate of drug-likeness (QED) is 0.892. The third-order valence-electron chi connectivity index (χ3n) is 3.48. The van der Waals surface area contributed by atoms with Crippen molar-refractivity contribution < 1.29 is 9.47 Å². The van der Waals surface area contributed by atoms with Crippen molar-refractivity contribution in [3.63, 3.8) is 0 Å². The van der Waals surface area contributed by atoms with E-state index in [4.69, 9.17) is 15.2 Å². The zero-order valence-corrected chi connectivity index (χ0v) is 11.5. The Morgan fingerprint density at radius 2 is 2.11 bits per heavy atom. The molecule has 3 heteroatoms. The zero-order chi connectivity index (χ0) is 13.2. The van der Waals surface area contributed by atoms with Crippen LogP contribution in [-0.4, -0.2) is 18.9 Å². The van der Waals surface area contributed by atoms with Crippen molar-refractivity contribution in [1.82, 2.24) is 0 Å². The van der Waals surface area contributed by atoms with Crippen molar-refractivity contribution in [2.45, 2.75) is 45.0 Å². The number of nitrogens with two attached hydrogens (primary N) is 1. The van der Waals surface area contributed by atoms with Crippen molar-refractivity contribution in [2.24, 2.45) is 5.73 Å². The molecule has 1 saturated heterocycles. The fourth-order valence-corrected chi connectivity index (χ4v) is 2.50. The third kappa shape index (κ3) is 2.91. The van der Waals surface area contributed by atoms with Crippen LogP contribution in [0.4, 0.5) is 0 Å². The van der Waals surface area contributed by atoms with Crippen LogP contribution in [0.2, 0.25) is 0 Å². The van der Waals surface area contributed by atoms with Crippen molar-refractivity contribution in [3.8, 4) is 0 Å². The lowest BCUT2D eigenvalue weighted by molar-refractivity contribution is -0.139. The highest BCUT2D eigenvalue weighted by Crippen LogP contribution is 2.36. The minimum atomic E-state index is -0.477. The van der Waals surface area contributed by atoms with E-state index in [-0.39, 0.29) is 6.10 Å². The van der Waals surface area contributed by atoms with Crippen LogP contribution < -0.4 is 5.73 Å². The summed E-state index contributed by atoms with van der Waals surface area (Å²) in [5.74, 6) is -0.0203. The van der Waals surface area contributed by atoms with Crippen molar-refractivity contribution >= 4 is 0 Å². The van der Waals surface area contributed by atoms with Crippen LogP contribution >= 0.6 is 0 Å². The van der Waals surface area contributed by atoms with Gasteiger partial charge in [-0.05, 0) is 43.9 Å². The van der Waals surface area contributed by atoms with Gasteiger partial charge in [0, 0.05) is 0 Å². The van der Waals surface area contributed by atoms with Gasteiger partial charge in [0.1, 0.15) is 6.10 Å². The molecule has 2 N–H and O–H groups in total. The molecule has 1 heterocycles. The van der Waals surface area contributed by atoms with E-state index in [9.17, 15) is 0 Å². The van der Waals surface area contributed by atoms with E-state index < -0.39 is 5.79 Å². The Bertz CT molecular complexity index is 403. The summed E-state index contributed by atoms with van der Waals surface area (Å²) in [6.07, 6.45) is 1.03. The minimum absolute atomic E-state index is 0.0384. The van der Waals surface area contributed by atoms with Gasteiger partial charge in [0.05, 0.1) is 6.61 Å². The van der Waals surface area contributed by atoms with Gasteiger partial charge in [-0.15, -0.1) is 0 Å². The maximum absolute atomic E-state index is 5.95. The maximum atomic E-state index is 5.95. The molecule has 1 aliphatic heterocycles. The van der Waals surface area contributed by atoms with Crippen LogP contribution in [0.15, 0.2) is 24.3 Å². The molecule has 2 atom stereocenters. The molecule has 1 aromatic carbocycles. The summed E-state index contributed by atoms with van der Waals surface area (Å²) in [5.41, 5.74) is 8.23. The molecule has 1 fully saturated rings. The molecule has 0 aliphatic carbocycles. The molecular weight excluding hydrogens is 226 g/mol. The smallest absolute Gasteiger partial charge is 0.163 e. The van der Waals surface area contributed by atoms with Gasteiger partial charge < -0.3 is 15.2 Å². The van der Waals surface area contributed by atoms with Gasteiger partial charge in [-0.3, -0.25) is 0 Å². The topological polar surface area (TPSA) is 44.5 Å². The van der Waals surface area contributed by atoms with Gasteiger partial charge in [0.2, 0.25) is 0 Å². The summed E-state index contributed by atoms with van der Waals surface area (Å²) in [6.45, 7) is 7.47. The molecule has 0 amide bonds. The van der Waals surface area contributed by atoms with Crippen LogP contribution in [0, 0.1) is 0 Å². The molecule has 18 heavy (non-hydrogen) atoms. The number of hydrogen-bond donors (Lipinski definition) is 1. The molecule has 1 aromatic rings. The van der Waals surface area contributed by atoms with E-state index in [0.717, 1.165) is 6.42 Å². The fraction of sp³-hybridized carbons (Fsp3) is 0.600. The van der Waals surface area contributed by atoms with E-state index in [1.54, 1.807) is 0 Å². The second-order valence-corrected chi connectivity index (χ2v) is 5.42. The highest BCUT2D eigenvalue weighted by molar-refractivity contribution is 5.32. The Hall–Kier alpha value is -0.900. The van der Waals surface area contributed by atoms with Crippen LogP contribution in [0.25, 0.3) is 0 Å². The van der Waals surface area contributed by atoms with Gasteiger partial charge in [-0.25, -0.2) is 0 Å². The SMILES string of the molecule is CC(CCN)c1ccccc1C1COC(C)(C)O1. The predicted molar refractivity (Wildman–Crippen MR) is 72.4 cm³/mol. The number of benzene rings is 1. The van der Waals surface area contributed by atoms with Gasteiger partial charge >= 0.3 is 0 Å². The Balaban J connectivity index is 2.23. The molecule has 0 bridgehead atoms. The van der Waals surface area contributed by atoms with Gasteiger partial charge in [0.25, 0.3) is 0 Å². The molecular formula is C15H23NO2. The van der Waals surface area contributed by atoms with Gasteiger partial charge in [0.15, 0.2) is 5.79 Å². The van der Waals surface area contributed by atoms with E-state index in [1.165, 1.54) is 11.1 Å². The number of ether oxygens (including phenoxy) is 2.